The lowest BCUT2D eigenvalue weighted by Crippen LogP contribution is -2.48. The normalized spacial score (nSPS) is 24.3. The van der Waals surface area contributed by atoms with Crippen molar-refractivity contribution in [2.45, 2.75) is 52.1 Å². The number of amides is 2. The molecule has 5 nitrogen and oxygen atoms in total. The van der Waals surface area contributed by atoms with Crippen LogP contribution >= 0.6 is 0 Å². The summed E-state index contributed by atoms with van der Waals surface area (Å²) in [7, 11) is 0. The summed E-state index contributed by atoms with van der Waals surface area (Å²) in [5.41, 5.74) is 2.34. The van der Waals surface area contributed by atoms with Crippen molar-refractivity contribution in [1.82, 2.24) is 15.5 Å². The topological polar surface area (TPSA) is 61.4 Å². The van der Waals surface area contributed by atoms with Crippen LogP contribution in [0, 0.1) is 18.8 Å². The van der Waals surface area contributed by atoms with Crippen LogP contribution in [-0.4, -0.2) is 42.4 Å². The third kappa shape index (κ3) is 4.85. The van der Waals surface area contributed by atoms with E-state index in [4.69, 9.17) is 0 Å². The molecule has 142 valence electrons. The molecule has 0 aliphatic carbocycles. The Morgan fingerprint density at radius 1 is 1.12 bits per heavy atom. The van der Waals surface area contributed by atoms with Crippen molar-refractivity contribution in [2.75, 3.05) is 19.6 Å². The van der Waals surface area contributed by atoms with Gasteiger partial charge in [0.2, 0.25) is 11.8 Å². The van der Waals surface area contributed by atoms with E-state index in [9.17, 15) is 9.59 Å². The van der Waals surface area contributed by atoms with Gasteiger partial charge in [-0.15, -0.1) is 0 Å². The summed E-state index contributed by atoms with van der Waals surface area (Å²) >= 11 is 0. The van der Waals surface area contributed by atoms with Gasteiger partial charge in [-0.2, -0.15) is 0 Å². The first-order valence-corrected chi connectivity index (χ1v) is 9.88. The minimum atomic E-state index is 0.0245. The number of carbonyl (C=O) groups excluding carboxylic acids is 2. The smallest absolute Gasteiger partial charge is 0.225 e. The fourth-order valence-electron chi connectivity index (χ4n) is 4.02. The van der Waals surface area contributed by atoms with Crippen LogP contribution in [0.2, 0.25) is 0 Å². The van der Waals surface area contributed by atoms with E-state index in [1.54, 1.807) is 0 Å². The fourth-order valence-corrected chi connectivity index (χ4v) is 4.02. The summed E-state index contributed by atoms with van der Waals surface area (Å²) in [5, 5.41) is 6.45. The molecule has 2 fully saturated rings. The SMILES string of the molecule is Cc1ccc(CNC(=O)C2CCN(C(=O)[C@H]3CCN[C@@H](C)C3)CC2)cc1. The lowest BCUT2D eigenvalue weighted by Gasteiger charge is -2.36. The fraction of sp³-hybridized carbons (Fsp3) is 0.619. The minimum Gasteiger partial charge on any atom is -0.352 e. The molecule has 0 unspecified atom stereocenters. The quantitative estimate of drug-likeness (QED) is 0.869. The van der Waals surface area contributed by atoms with E-state index in [0.29, 0.717) is 25.7 Å². The highest BCUT2D eigenvalue weighted by molar-refractivity contribution is 5.81. The van der Waals surface area contributed by atoms with Crippen molar-refractivity contribution >= 4 is 11.8 Å². The zero-order valence-corrected chi connectivity index (χ0v) is 16.0. The van der Waals surface area contributed by atoms with Gasteiger partial charge in [-0.05, 0) is 51.6 Å². The van der Waals surface area contributed by atoms with Gasteiger partial charge in [0.05, 0.1) is 0 Å². The Hall–Kier alpha value is -1.88. The molecule has 26 heavy (non-hydrogen) atoms. The predicted octanol–water partition coefficient (Wildman–Crippen LogP) is 2.24. The number of aryl methyl sites for hydroxylation is 1. The third-order valence-corrected chi connectivity index (χ3v) is 5.74. The van der Waals surface area contributed by atoms with Crippen molar-refractivity contribution in [1.29, 1.82) is 0 Å². The molecule has 1 aromatic rings. The van der Waals surface area contributed by atoms with Crippen LogP contribution in [0.4, 0.5) is 0 Å². The Kier molecular flexibility index (Phi) is 6.30. The Morgan fingerprint density at radius 2 is 1.81 bits per heavy atom. The summed E-state index contributed by atoms with van der Waals surface area (Å²) in [6.45, 7) is 7.12. The van der Waals surface area contributed by atoms with E-state index >= 15 is 0 Å². The van der Waals surface area contributed by atoms with Gasteiger partial charge < -0.3 is 15.5 Å². The monoisotopic (exact) mass is 357 g/mol. The Morgan fingerprint density at radius 3 is 2.46 bits per heavy atom. The maximum atomic E-state index is 12.7. The summed E-state index contributed by atoms with van der Waals surface area (Å²) < 4.78 is 0. The summed E-state index contributed by atoms with van der Waals surface area (Å²) in [6, 6.07) is 8.65. The molecule has 0 bridgehead atoms. The molecule has 1 aromatic carbocycles. The predicted molar refractivity (Wildman–Crippen MR) is 103 cm³/mol. The molecule has 2 amide bonds. The maximum Gasteiger partial charge on any atom is 0.225 e. The molecular formula is C21H31N3O2. The number of likely N-dealkylation sites (tertiary alicyclic amines) is 1. The van der Waals surface area contributed by atoms with Gasteiger partial charge in [0.25, 0.3) is 0 Å². The summed E-state index contributed by atoms with van der Waals surface area (Å²) in [6.07, 6.45) is 3.40. The van der Waals surface area contributed by atoms with Gasteiger partial charge in [0.1, 0.15) is 0 Å². The lowest BCUT2D eigenvalue weighted by molar-refractivity contribution is -0.140. The highest BCUT2D eigenvalue weighted by Gasteiger charge is 2.32. The summed E-state index contributed by atoms with van der Waals surface area (Å²) in [4.78, 5) is 27.1. The average molecular weight is 357 g/mol. The number of hydrogen-bond donors (Lipinski definition) is 2. The largest absolute Gasteiger partial charge is 0.352 e. The van der Waals surface area contributed by atoms with Crippen molar-refractivity contribution in [3.05, 3.63) is 35.4 Å². The molecule has 2 aliphatic heterocycles. The van der Waals surface area contributed by atoms with E-state index in [0.717, 1.165) is 37.8 Å². The second kappa shape index (κ2) is 8.67. The second-order valence-corrected chi connectivity index (χ2v) is 7.88. The van der Waals surface area contributed by atoms with Crippen LogP contribution < -0.4 is 10.6 Å². The van der Waals surface area contributed by atoms with Gasteiger partial charge in [-0.3, -0.25) is 9.59 Å². The van der Waals surface area contributed by atoms with E-state index in [1.165, 1.54) is 5.56 Å². The van der Waals surface area contributed by atoms with Gasteiger partial charge in [0.15, 0.2) is 0 Å². The van der Waals surface area contributed by atoms with Gasteiger partial charge in [-0.1, -0.05) is 29.8 Å². The zero-order valence-electron chi connectivity index (χ0n) is 16.0. The molecule has 5 heteroatoms. The highest BCUT2D eigenvalue weighted by Crippen LogP contribution is 2.23. The molecule has 2 saturated heterocycles. The second-order valence-electron chi connectivity index (χ2n) is 7.88. The van der Waals surface area contributed by atoms with E-state index in [-0.39, 0.29) is 23.7 Å². The van der Waals surface area contributed by atoms with Crippen LogP contribution in [0.5, 0.6) is 0 Å². The number of hydrogen-bond acceptors (Lipinski definition) is 3. The van der Waals surface area contributed by atoms with E-state index in [2.05, 4.69) is 48.7 Å². The van der Waals surface area contributed by atoms with Crippen LogP contribution in [0.25, 0.3) is 0 Å². The molecule has 2 aliphatic rings. The number of piperidine rings is 2. The number of benzene rings is 1. The Balaban J connectivity index is 1.43. The highest BCUT2D eigenvalue weighted by atomic mass is 16.2. The van der Waals surface area contributed by atoms with Crippen LogP contribution in [0.15, 0.2) is 24.3 Å². The van der Waals surface area contributed by atoms with Crippen molar-refractivity contribution < 1.29 is 9.59 Å². The zero-order chi connectivity index (χ0) is 18.5. The molecular weight excluding hydrogens is 326 g/mol. The van der Waals surface area contributed by atoms with Crippen LogP contribution in [0.1, 0.15) is 43.7 Å². The first-order valence-electron chi connectivity index (χ1n) is 9.88. The van der Waals surface area contributed by atoms with Gasteiger partial charge >= 0.3 is 0 Å². The third-order valence-electron chi connectivity index (χ3n) is 5.74. The number of rotatable bonds is 4. The minimum absolute atomic E-state index is 0.0245. The summed E-state index contributed by atoms with van der Waals surface area (Å²) in [5.74, 6) is 0.583. The number of carbonyl (C=O) groups is 2. The standard InChI is InChI=1S/C21H31N3O2/c1-15-3-5-17(6-4-15)14-23-20(25)18-8-11-24(12-9-18)21(26)19-7-10-22-16(2)13-19/h3-6,16,18-19,22H,7-14H2,1-2H3,(H,23,25)/t16-,19-/m0/s1. The van der Waals surface area contributed by atoms with Crippen LogP contribution in [-0.2, 0) is 16.1 Å². The molecule has 0 spiro atoms. The Labute approximate surface area is 156 Å². The van der Waals surface area contributed by atoms with Crippen molar-refractivity contribution in [3.63, 3.8) is 0 Å². The first-order chi connectivity index (χ1) is 12.5. The number of nitrogens with one attached hydrogen (secondary N) is 2. The van der Waals surface area contributed by atoms with Crippen LogP contribution in [0.3, 0.4) is 0 Å². The van der Waals surface area contributed by atoms with E-state index in [1.807, 2.05) is 4.90 Å². The number of nitrogens with zero attached hydrogens (tertiary/aromatic N) is 1. The molecule has 0 radical (unpaired) electrons. The van der Waals surface area contributed by atoms with Crippen molar-refractivity contribution in [2.24, 2.45) is 11.8 Å². The van der Waals surface area contributed by atoms with Gasteiger partial charge in [-0.25, -0.2) is 0 Å². The first kappa shape index (κ1) is 18.9. The lowest BCUT2D eigenvalue weighted by atomic mass is 9.90. The van der Waals surface area contributed by atoms with Crippen molar-refractivity contribution in [3.8, 4) is 0 Å². The molecule has 2 heterocycles. The van der Waals surface area contributed by atoms with E-state index < -0.39 is 0 Å². The molecule has 0 saturated carbocycles. The Bertz CT molecular complexity index is 621. The maximum absolute atomic E-state index is 12.7. The molecule has 0 aromatic heterocycles. The molecule has 2 N–H and O–H groups in total. The van der Waals surface area contributed by atoms with Gasteiger partial charge in [0, 0.05) is 37.5 Å². The molecule has 3 rings (SSSR count). The average Bonchev–Trinajstić information content (AvgIpc) is 2.67. The molecule has 2 atom stereocenters.